The molecular formula is C16H23NO2S. The van der Waals surface area contributed by atoms with E-state index in [0.717, 1.165) is 39.0 Å². The lowest BCUT2D eigenvalue weighted by Crippen LogP contribution is -2.38. The van der Waals surface area contributed by atoms with Gasteiger partial charge in [0.25, 0.3) is 0 Å². The molecule has 1 saturated heterocycles. The molecule has 3 rings (SSSR count). The smallest absolute Gasteiger partial charge is 0.0586 e. The molecule has 3 atom stereocenters. The summed E-state index contributed by atoms with van der Waals surface area (Å²) in [5.41, 5.74) is 2.71. The van der Waals surface area contributed by atoms with Crippen LogP contribution in [-0.2, 0) is 22.0 Å². The molecule has 0 saturated carbocycles. The molecule has 0 spiro atoms. The zero-order chi connectivity index (χ0) is 13.9. The molecule has 2 aliphatic rings. The van der Waals surface area contributed by atoms with E-state index in [1.807, 2.05) is 0 Å². The van der Waals surface area contributed by atoms with E-state index in [2.05, 4.69) is 36.5 Å². The summed E-state index contributed by atoms with van der Waals surface area (Å²) in [6.45, 7) is 4.57. The predicted octanol–water partition coefficient (Wildman–Crippen LogP) is 2.19. The third-order valence-electron chi connectivity index (χ3n) is 4.40. The van der Waals surface area contributed by atoms with Gasteiger partial charge in [0.2, 0.25) is 0 Å². The van der Waals surface area contributed by atoms with Crippen LogP contribution in [0.5, 0.6) is 0 Å². The Morgan fingerprint density at radius 1 is 1.30 bits per heavy atom. The minimum absolute atomic E-state index is 0.218. The van der Waals surface area contributed by atoms with E-state index >= 15 is 0 Å². The number of ether oxygens (including phenoxy) is 1. The van der Waals surface area contributed by atoms with Crippen LogP contribution in [0.15, 0.2) is 24.3 Å². The lowest BCUT2D eigenvalue weighted by molar-refractivity contribution is 0.0990. The molecule has 110 valence electrons. The second-order valence-electron chi connectivity index (χ2n) is 5.62. The molecule has 1 aliphatic carbocycles. The average Bonchev–Trinajstić information content (AvgIpc) is 2.87. The Kier molecular flexibility index (Phi) is 4.54. The molecule has 1 N–H and O–H groups in total. The zero-order valence-corrected chi connectivity index (χ0v) is 12.8. The Hall–Kier alpha value is -0.710. The summed E-state index contributed by atoms with van der Waals surface area (Å²) in [4.78, 5) is 0. The van der Waals surface area contributed by atoms with Crippen molar-refractivity contribution in [2.24, 2.45) is 0 Å². The van der Waals surface area contributed by atoms with Crippen molar-refractivity contribution in [2.45, 2.75) is 42.7 Å². The molecule has 3 unspecified atom stereocenters. The molecule has 0 bridgehead atoms. The summed E-state index contributed by atoms with van der Waals surface area (Å²) in [6.07, 6.45) is 2.83. The number of hydrogen-bond donors (Lipinski definition) is 1. The van der Waals surface area contributed by atoms with Gasteiger partial charge >= 0.3 is 0 Å². The predicted molar refractivity (Wildman–Crippen MR) is 82.3 cm³/mol. The molecule has 1 heterocycles. The third-order valence-corrected chi connectivity index (χ3v) is 6.57. The Morgan fingerprint density at radius 2 is 2.05 bits per heavy atom. The van der Waals surface area contributed by atoms with Crippen molar-refractivity contribution in [1.82, 2.24) is 5.32 Å². The molecule has 20 heavy (non-hydrogen) atoms. The fraction of sp³-hybridized carbons (Fsp3) is 0.625. The van der Waals surface area contributed by atoms with Gasteiger partial charge in [0, 0.05) is 35.3 Å². The van der Waals surface area contributed by atoms with Crippen molar-refractivity contribution in [2.75, 3.05) is 19.8 Å². The molecule has 0 aromatic heterocycles. The maximum Gasteiger partial charge on any atom is 0.0586 e. The highest BCUT2D eigenvalue weighted by atomic mass is 32.2. The lowest BCUT2D eigenvalue weighted by Gasteiger charge is -2.28. The van der Waals surface area contributed by atoms with Gasteiger partial charge in [0.15, 0.2) is 0 Å². The third kappa shape index (κ3) is 2.69. The highest BCUT2D eigenvalue weighted by Gasteiger charge is 2.38. The number of nitrogens with one attached hydrogen (secondary N) is 1. The molecular weight excluding hydrogens is 270 g/mol. The normalized spacial score (nSPS) is 28.2. The van der Waals surface area contributed by atoms with Crippen LogP contribution in [0.25, 0.3) is 0 Å². The van der Waals surface area contributed by atoms with Crippen molar-refractivity contribution in [1.29, 1.82) is 0 Å². The summed E-state index contributed by atoms with van der Waals surface area (Å²) in [7, 11) is -0.782. The first-order valence-electron chi connectivity index (χ1n) is 7.59. The summed E-state index contributed by atoms with van der Waals surface area (Å²) < 4.78 is 18.4. The van der Waals surface area contributed by atoms with Crippen molar-refractivity contribution >= 4 is 10.8 Å². The molecule has 0 amide bonds. The fourth-order valence-corrected chi connectivity index (χ4v) is 5.40. The van der Waals surface area contributed by atoms with E-state index in [9.17, 15) is 4.21 Å². The number of hydrogen-bond acceptors (Lipinski definition) is 3. The number of benzene rings is 1. The van der Waals surface area contributed by atoms with Gasteiger partial charge in [0.1, 0.15) is 0 Å². The summed E-state index contributed by atoms with van der Waals surface area (Å²) in [6, 6.07) is 8.79. The van der Waals surface area contributed by atoms with E-state index in [1.165, 1.54) is 11.1 Å². The van der Waals surface area contributed by atoms with Gasteiger partial charge in [-0.3, -0.25) is 4.21 Å². The maximum absolute atomic E-state index is 13.0. The molecule has 1 aromatic rings. The lowest BCUT2D eigenvalue weighted by atomic mass is 10.1. The largest absolute Gasteiger partial charge is 0.381 e. The van der Waals surface area contributed by atoms with Crippen LogP contribution in [0.4, 0.5) is 0 Å². The second-order valence-corrected chi connectivity index (χ2v) is 7.55. The zero-order valence-electron chi connectivity index (χ0n) is 12.0. The van der Waals surface area contributed by atoms with Crippen LogP contribution in [0.3, 0.4) is 0 Å². The number of rotatable bonds is 4. The van der Waals surface area contributed by atoms with Crippen LogP contribution in [0.1, 0.15) is 36.9 Å². The van der Waals surface area contributed by atoms with Gasteiger partial charge < -0.3 is 10.1 Å². The second kappa shape index (κ2) is 6.37. The minimum atomic E-state index is -0.782. The molecule has 0 radical (unpaired) electrons. The van der Waals surface area contributed by atoms with Gasteiger partial charge in [-0.1, -0.05) is 31.2 Å². The summed E-state index contributed by atoms with van der Waals surface area (Å²) in [5, 5.41) is 4.07. The molecule has 1 aliphatic heterocycles. The van der Waals surface area contributed by atoms with Gasteiger partial charge in [-0.25, -0.2) is 0 Å². The molecule has 1 aromatic carbocycles. The van der Waals surface area contributed by atoms with Gasteiger partial charge in [-0.2, -0.15) is 0 Å². The van der Waals surface area contributed by atoms with Crippen molar-refractivity contribution in [3.63, 3.8) is 0 Å². The quantitative estimate of drug-likeness (QED) is 0.925. The van der Waals surface area contributed by atoms with Crippen LogP contribution >= 0.6 is 0 Å². The standard InChI is InChI=1S/C16H23NO2S/c1-2-17-16-14-6-4-3-5-12(14)11-15(16)20(18)13-7-9-19-10-8-13/h3-6,13,15-17H,2,7-11H2,1H3. The van der Waals surface area contributed by atoms with Crippen molar-refractivity contribution in [3.8, 4) is 0 Å². The van der Waals surface area contributed by atoms with E-state index in [1.54, 1.807) is 0 Å². The average molecular weight is 293 g/mol. The maximum atomic E-state index is 13.0. The summed E-state index contributed by atoms with van der Waals surface area (Å²) >= 11 is 0. The van der Waals surface area contributed by atoms with E-state index in [-0.39, 0.29) is 11.3 Å². The SMILES string of the molecule is CCNC1c2ccccc2CC1S(=O)C1CCOCC1. The number of fused-ring (bicyclic) bond motifs is 1. The highest BCUT2D eigenvalue weighted by molar-refractivity contribution is 7.86. The Labute approximate surface area is 123 Å². The van der Waals surface area contributed by atoms with Crippen LogP contribution in [0.2, 0.25) is 0 Å². The van der Waals surface area contributed by atoms with Gasteiger partial charge in [0.05, 0.1) is 5.25 Å². The topological polar surface area (TPSA) is 38.3 Å². The highest BCUT2D eigenvalue weighted by Crippen LogP contribution is 2.36. The van der Waals surface area contributed by atoms with E-state index in [0.29, 0.717) is 5.25 Å². The molecule has 4 heteroatoms. The summed E-state index contributed by atoms with van der Waals surface area (Å²) in [5.74, 6) is 0. The van der Waals surface area contributed by atoms with Crippen molar-refractivity contribution < 1.29 is 8.95 Å². The Bertz CT molecular complexity index is 485. The molecule has 3 nitrogen and oxygen atoms in total. The first kappa shape index (κ1) is 14.2. The van der Waals surface area contributed by atoms with Crippen LogP contribution in [-0.4, -0.2) is 34.5 Å². The van der Waals surface area contributed by atoms with Crippen LogP contribution in [0, 0.1) is 0 Å². The van der Waals surface area contributed by atoms with E-state index < -0.39 is 10.8 Å². The minimum Gasteiger partial charge on any atom is -0.381 e. The first-order chi connectivity index (χ1) is 9.81. The van der Waals surface area contributed by atoms with Gasteiger partial charge in [-0.15, -0.1) is 0 Å². The first-order valence-corrected chi connectivity index (χ1v) is 8.87. The molecule has 1 fully saturated rings. The van der Waals surface area contributed by atoms with Gasteiger partial charge in [-0.05, 0) is 36.9 Å². The fourth-order valence-electron chi connectivity index (χ4n) is 3.39. The monoisotopic (exact) mass is 293 g/mol. The van der Waals surface area contributed by atoms with Crippen molar-refractivity contribution in [3.05, 3.63) is 35.4 Å². The van der Waals surface area contributed by atoms with E-state index in [4.69, 9.17) is 4.74 Å². The Balaban J connectivity index is 1.80. The Morgan fingerprint density at radius 3 is 2.80 bits per heavy atom. The van der Waals surface area contributed by atoms with Crippen LogP contribution < -0.4 is 5.32 Å².